The molecule has 0 N–H and O–H groups in total. The Balaban J connectivity index is 2.71. The van der Waals surface area contributed by atoms with E-state index in [0.717, 1.165) is 72.1 Å². The second kappa shape index (κ2) is 21.2. The van der Waals surface area contributed by atoms with Crippen molar-refractivity contribution >= 4 is 61.5 Å². The van der Waals surface area contributed by atoms with E-state index in [1.165, 1.54) is 0 Å². The minimum atomic E-state index is -5.21. The third kappa shape index (κ3) is 9.96. The van der Waals surface area contributed by atoms with Crippen molar-refractivity contribution in [2.45, 2.75) is 68.3 Å². The van der Waals surface area contributed by atoms with Crippen molar-refractivity contribution in [3.63, 3.8) is 0 Å². The van der Waals surface area contributed by atoms with Crippen LogP contribution in [0.3, 0.4) is 0 Å². The Labute approximate surface area is 403 Å². The molecule has 4 aliphatic heterocycles. The summed E-state index contributed by atoms with van der Waals surface area (Å²) in [6.07, 6.45) is 7.21. The molecule has 17 nitrogen and oxygen atoms in total. The molecule has 4 heterocycles. The zero-order valence-electron chi connectivity index (χ0n) is 46.0. The fourth-order valence-corrected chi connectivity index (χ4v) is 27.6. The van der Waals surface area contributed by atoms with Crippen molar-refractivity contribution < 1.29 is 4.52 Å². The average molecular weight is 1010 g/mol. The summed E-state index contributed by atoms with van der Waals surface area (Å²) in [6, 6.07) is 0. The SMILES string of the molecule is CC(C)OP(N=C1P(N(C)C)CCC1(N(C)C)N(C)C)(N=C1P(N(C)C)CCC1(N(C)C)N(C)C)(N=C1P(N(C)C)CCC1(N(C)C)N(C)C)N=C1P(N(C)C)CCC1(N(C)C)N(C)C. The van der Waals surface area contributed by atoms with Crippen molar-refractivity contribution in [1.82, 2.24) is 57.9 Å². The van der Waals surface area contributed by atoms with Crippen LogP contribution in [0.1, 0.15) is 39.5 Å². The molecule has 4 atom stereocenters. The number of hydrogen-bond acceptors (Lipinski definition) is 17. The van der Waals surface area contributed by atoms with Crippen molar-refractivity contribution in [3.05, 3.63) is 0 Å². The molecular weight excluding hydrogens is 911 g/mol. The molecule has 0 aromatic carbocycles. The van der Waals surface area contributed by atoms with Gasteiger partial charge in [-0.25, -0.2) is 0 Å². The standard InChI is InChI=1S/C43H95N16OP5/c1-35(2)60-65(44-36-40(48(3)4,49(5)6)27-31-61(36)56(19)20,45-37-41(50(7)8,51(9)10)28-32-62(37)57(21)22,46-38-42(52(11)12,53(13)14)29-33-63(38)58(23)24)47-39-43(54(15)16,55(17)18)30-34-64(39)59(25)26/h35H,27-34H2,1-26H3. The van der Waals surface area contributed by atoms with Crippen molar-refractivity contribution in [3.8, 4) is 0 Å². The van der Waals surface area contributed by atoms with Crippen LogP contribution < -0.4 is 0 Å². The summed E-state index contributed by atoms with van der Waals surface area (Å²) < 4.78 is 44.4. The summed E-state index contributed by atoms with van der Waals surface area (Å²) in [5, 5.41) is 0. The Hall–Kier alpha value is 0.310. The van der Waals surface area contributed by atoms with E-state index in [4.69, 9.17) is 23.6 Å². The fraction of sp³-hybridized carbons (Fsp3) is 0.907. The first-order chi connectivity index (χ1) is 29.8. The van der Waals surface area contributed by atoms with Crippen LogP contribution in [0.5, 0.6) is 0 Å². The Morgan fingerprint density at radius 2 is 0.523 bits per heavy atom. The molecule has 22 heteroatoms. The van der Waals surface area contributed by atoms with E-state index in [0.29, 0.717) is 0 Å². The molecule has 0 saturated carbocycles. The molecule has 0 aromatic rings. The Bertz CT molecular complexity index is 1500. The van der Waals surface area contributed by atoms with Crippen LogP contribution in [0.25, 0.3) is 0 Å². The minimum absolute atomic E-state index is 0.338. The van der Waals surface area contributed by atoms with E-state index in [-0.39, 0.29) is 6.10 Å². The van der Waals surface area contributed by atoms with Crippen LogP contribution >= 0.6 is 39.7 Å². The Morgan fingerprint density at radius 3 is 0.646 bits per heavy atom. The normalized spacial score (nSPS) is 29.2. The van der Waals surface area contributed by atoms with E-state index in [9.17, 15) is 0 Å². The molecule has 378 valence electrons. The van der Waals surface area contributed by atoms with Gasteiger partial charge in [-0.1, -0.05) is 0 Å². The molecule has 4 aliphatic rings. The number of rotatable bonds is 18. The summed E-state index contributed by atoms with van der Waals surface area (Å²) >= 11 is 0. The van der Waals surface area contributed by atoms with Crippen LogP contribution in [-0.4, -0.2) is 302 Å². The monoisotopic (exact) mass is 1010 g/mol. The topological polar surface area (TPSA) is 97.5 Å². The Kier molecular flexibility index (Phi) is 18.9. The second-order valence-electron chi connectivity index (χ2n) is 21.0. The van der Waals surface area contributed by atoms with Gasteiger partial charge in [0.1, 0.15) is 0 Å². The molecule has 4 rings (SSSR count). The van der Waals surface area contributed by atoms with E-state index in [2.05, 4.69) is 241 Å². The van der Waals surface area contributed by atoms with Gasteiger partial charge in [0.25, 0.3) is 0 Å². The van der Waals surface area contributed by atoms with Gasteiger partial charge in [0.05, 0.1) is 0 Å². The van der Waals surface area contributed by atoms with Crippen molar-refractivity contribution in [1.29, 1.82) is 0 Å². The van der Waals surface area contributed by atoms with E-state index in [1.54, 1.807) is 0 Å². The third-order valence-corrected chi connectivity index (χ3v) is 28.3. The first kappa shape index (κ1) is 57.9. The van der Waals surface area contributed by atoms with Crippen molar-refractivity contribution in [2.24, 2.45) is 19.1 Å². The molecule has 4 saturated heterocycles. The maximum atomic E-state index is 8.20. The second-order valence-corrected chi connectivity index (χ2v) is 33.6. The first-order valence-electron chi connectivity index (χ1n) is 23.2. The van der Waals surface area contributed by atoms with Crippen LogP contribution in [0, 0.1) is 0 Å². The molecule has 65 heavy (non-hydrogen) atoms. The molecular formula is C43H95N16OP5. The van der Waals surface area contributed by atoms with Crippen LogP contribution in [0.2, 0.25) is 0 Å². The van der Waals surface area contributed by atoms with Gasteiger partial charge in [0, 0.05) is 0 Å². The summed E-state index contributed by atoms with van der Waals surface area (Å²) in [6.45, 7) is 4.32. The molecule has 0 aliphatic carbocycles. The van der Waals surface area contributed by atoms with Gasteiger partial charge >= 0.3 is 405 Å². The summed E-state index contributed by atoms with van der Waals surface area (Å²) in [4.78, 5) is 19.1. The Morgan fingerprint density at radius 1 is 0.354 bits per heavy atom. The molecule has 0 amide bonds. The molecule has 0 bridgehead atoms. The van der Waals surface area contributed by atoms with Crippen LogP contribution in [0.15, 0.2) is 19.1 Å². The molecule has 4 fully saturated rings. The molecule has 0 spiro atoms. The van der Waals surface area contributed by atoms with E-state index >= 15 is 0 Å². The van der Waals surface area contributed by atoms with Gasteiger partial charge in [-0.15, -0.1) is 0 Å². The predicted octanol–water partition coefficient (Wildman–Crippen LogP) is 5.86. The summed E-state index contributed by atoms with van der Waals surface area (Å²) in [5.74, 6) is 0. The zero-order chi connectivity index (χ0) is 49.8. The fourth-order valence-electron chi connectivity index (χ4n) is 11.1. The van der Waals surface area contributed by atoms with Gasteiger partial charge in [0.2, 0.25) is 0 Å². The van der Waals surface area contributed by atoms with Gasteiger partial charge in [-0.05, 0) is 0 Å². The van der Waals surface area contributed by atoms with Crippen molar-refractivity contribution in [2.75, 3.05) is 194 Å². The molecule has 0 radical (unpaired) electrons. The number of nitrogens with zero attached hydrogens (tertiary/aromatic N) is 16. The van der Waals surface area contributed by atoms with Gasteiger partial charge in [-0.3, -0.25) is 0 Å². The van der Waals surface area contributed by atoms with E-state index < -0.39 is 62.4 Å². The third-order valence-electron chi connectivity index (χ3n) is 14.4. The number of hydrogen-bond donors (Lipinski definition) is 0. The zero-order valence-corrected chi connectivity index (χ0v) is 50.5. The predicted molar refractivity (Wildman–Crippen MR) is 294 cm³/mol. The van der Waals surface area contributed by atoms with E-state index in [1.807, 2.05) is 0 Å². The summed E-state index contributed by atoms with van der Waals surface area (Å²) in [7, 11) is 44.3. The van der Waals surface area contributed by atoms with Gasteiger partial charge < -0.3 is 0 Å². The van der Waals surface area contributed by atoms with Crippen LogP contribution in [0.4, 0.5) is 0 Å². The molecule has 4 unspecified atom stereocenters. The first-order valence-corrected chi connectivity index (χ1v) is 31.0. The van der Waals surface area contributed by atoms with Gasteiger partial charge in [-0.2, -0.15) is 0 Å². The summed E-state index contributed by atoms with van der Waals surface area (Å²) in [5.41, 5.74) is 2.12. The van der Waals surface area contributed by atoms with Crippen LogP contribution in [-0.2, 0) is 4.52 Å². The average Bonchev–Trinajstić information content (AvgIpc) is 3.93. The van der Waals surface area contributed by atoms with Gasteiger partial charge in [0.15, 0.2) is 0 Å². The maximum absolute atomic E-state index is 8.20. The molecule has 0 aromatic heterocycles. The quantitative estimate of drug-likeness (QED) is 0.121.